The molecule has 31 heavy (non-hydrogen) atoms. The standard InChI is InChI=1S/C21H23Cl2F3N4O/c1-29(13-5-3-2-4-6-13)20(31)17-11-19-27-16(12-7-8-14(22)15(23)9-12)10-18(21(24,25)26)30(19)28-17/h7-9,11,13,16,18,27H,2-6,10H2,1H3/t16-,18-/m0/s1. The number of fused-ring (bicyclic) bond motifs is 1. The fourth-order valence-electron chi connectivity index (χ4n) is 4.44. The second-order valence-electron chi connectivity index (χ2n) is 8.23. The van der Waals surface area contributed by atoms with Crippen LogP contribution in [0.15, 0.2) is 24.3 Å². The van der Waals surface area contributed by atoms with E-state index in [9.17, 15) is 18.0 Å². The summed E-state index contributed by atoms with van der Waals surface area (Å²) in [5.74, 6) is -0.201. The van der Waals surface area contributed by atoms with Gasteiger partial charge < -0.3 is 10.2 Å². The van der Waals surface area contributed by atoms with Crippen molar-refractivity contribution >= 4 is 34.9 Å². The minimum Gasteiger partial charge on any atom is -0.363 e. The van der Waals surface area contributed by atoms with Gasteiger partial charge in [0.15, 0.2) is 11.7 Å². The second kappa shape index (κ2) is 8.54. The van der Waals surface area contributed by atoms with Crippen LogP contribution < -0.4 is 5.32 Å². The van der Waals surface area contributed by atoms with Crippen LogP contribution in [0.1, 0.15) is 66.7 Å². The summed E-state index contributed by atoms with van der Waals surface area (Å²) in [6.45, 7) is 0. The number of carbonyl (C=O) groups is 1. The van der Waals surface area contributed by atoms with E-state index in [2.05, 4.69) is 10.4 Å². The summed E-state index contributed by atoms with van der Waals surface area (Å²) in [6.07, 6.45) is 0.243. The van der Waals surface area contributed by atoms with E-state index in [1.807, 2.05) is 0 Å². The molecule has 1 amide bonds. The predicted molar refractivity (Wildman–Crippen MR) is 114 cm³/mol. The number of nitrogens with zero attached hydrogens (tertiary/aromatic N) is 3. The Kier molecular flexibility index (Phi) is 6.14. The van der Waals surface area contributed by atoms with E-state index in [0.29, 0.717) is 10.6 Å². The van der Waals surface area contributed by atoms with Crippen molar-refractivity contribution in [2.24, 2.45) is 0 Å². The predicted octanol–water partition coefficient (Wildman–Crippen LogP) is 6.25. The quantitative estimate of drug-likeness (QED) is 0.571. The molecule has 0 radical (unpaired) electrons. The summed E-state index contributed by atoms with van der Waals surface area (Å²) in [7, 11) is 1.70. The highest BCUT2D eigenvalue weighted by molar-refractivity contribution is 6.42. The van der Waals surface area contributed by atoms with Gasteiger partial charge in [-0.1, -0.05) is 48.5 Å². The number of nitrogens with one attached hydrogen (secondary N) is 1. The van der Waals surface area contributed by atoms with Gasteiger partial charge in [-0.05, 0) is 30.5 Å². The van der Waals surface area contributed by atoms with Gasteiger partial charge in [0.2, 0.25) is 0 Å². The summed E-state index contributed by atoms with van der Waals surface area (Å²) in [5.41, 5.74) is 0.600. The lowest BCUT2D eigenvalue weighted by atomic mass is 9.94. The topological polar surface area (TPSA) is 50.2 Å². The van der Waals surface area contributed by atoms with E-state index in [-0.39, 0.29) is 34.9 Å². The lowest BCUT2D eigenvalue weighted by Crippen LogP contribution is -2.38. The molecule has 4 rings (SSSR count). The molecule has 1 aromatic carbocycles. The minimum atomic E-state index is -4.52. The molecular formula is C21H23Cl2F3N4O. The molecule has 0 bridgehead atoms. The van der Waals surface area contributed by atoms with Crippen molar-refractivity contribution in [3.05, 3.63) is 45.6 Å². The zero-order chi connectivity index (χ0) is 22.3. The number of rotatable bonds is 3. The zero-order valence-electron chi connectivity index (χ0n) is 16.9. The van der Waals surface area contributed by atoms with Crippen molar-refractivity contribution in [3.63, 3.8) is 0 Å². The van der Waals surface area contributed by atoms with Gasteiger partial charge in [0, 0.05) is 25.6 Å². The van der Waals surface area contributed by atoms with Crippen LogP contribution in [-0.4, -0.2) is 39.9 Å². The highest BCUT2D eigenvalue weighted by atomic mass is 35.5. The number of alkyl halides is 3. The fraction of sp³-hybridized carbons (Fsp3) is 0.524. The average Bonchev–Trinajstić information content (AvgIpc) is 3.18. The third-order valence-electron chi connectivity index (χ3n) is 6.20. The van der Waals surface area contributed by atoms with Gasteiger partial charge in [-0.15, -0.1) is 0 Å². The normalized spacial score (nSPS) is 22.0. The maximum atomic E-state index is 13.9. The highest BCUT2D eigenvalue weighted by Gasteiger charge is 2.47. The van der Waals surface area contributed by atoms with E-state index in [1.165, 1.54) is 6.07 Å². The Morgan fingerprint density at radius 1 is 1.16 bits per heavy atom. The Morgan fingerprint density at radius 3 is 2.52 bits per heavy atom. The van der Waals surface area contributed by atoms with E-state index in [4.69, 9.17) is 23.2 Å². The summed E-state index contributed by atoms with van der Waals surface area (Å²) in [4.78, 5) is 14.6. The third kappa shape index (κ3) is 4.51. The van der Waals surface area contributed by atoms with E-state index in [1.54, 1.807) is 30.1 Å². The van der Waals surface area contributed by atoms with Crippen LogP contribution in [0.5, 0.6) is 0 Å². The molecule has 1 aliphatic heterocycles. The number of anilines is 1. The minimum absolute atomic E-state index is 0.0135. The van der Waals surface area contributed by atoms with Crippen molar-refractivity contribution in [1.29, 1.82) is 0 Å². The first-order valence-electron chi connectivity index (χ1n) is 10.3. The molecule has 2 heterocycles. The third-order valence-corrected chi connectivity index (χ3v) is 6.94. The number of amides is 1. The molecule has 1 N–H and O–H groups in total. The Labute approximate surface area is 188 Å². The van der Waals surface area contributed by atoms with Gasteiger partial charge in [0.05, 0.1) is 16.1 Å². The molecule has 2 aromatic rings. The molecule has 1 aliphatic carbocycles. The molecule has 1 fully saturated rings. The molecule has 0 spiro atoms. The molecule has 1 saturated carbocycles. The van der Waals surface area contributed by atoms with E-state index < -0.39 is 18.3 Å². The number of halogens is 5. The summed E-state index contributed by atoms with van der Waals surface area (Å²) < 4.78 is 42.5. The van der Waals surface area contributed by atoms with Crippen LogP contribution in [0.2, 0.25) is 10.0 Å². The molecular weight excluding hydrogens is 452 g/mol. The Hall–Kier alpha value is -1.93. The lowest BCUT2D eigenvalue weighted by Gasteiger charge is -2.33. The highest BCUT2D eigenvalue weighted by Crippen LogP contribution is 2.44. The van der Waals surface area contributed by atoms with E-state index in [0.717, 1.165) is 36.8 Å². The number of benzene rings is 1. The molecule has 2 atom stereocenters. The fourth-order valence-corrected chi connectivity index (χ4v) is 4.75. The van der Waals surface area contributed by atoms with Crippen molar-refractivity contribution in [3.8, 4) is 0 Å². The van der Waals surface area contributed by atoms with Gasteiger partial charge in [0.1, 0.15) is 5.82 Å². The molecule has 10 heteroatoms. The Bertz CT molecular complexity index is 972. The van der Waals surface area contributed by atoms with Gasteiger partial charge >= 0.3 is 6.18 Å². The van der Waals surface area contributed by atoms with Crippen LogP contribution in [0.4, 0.5) is 19.0 Å². The number of hydrogen-bond donors (Lipinski definition) is 1. The van der Waals surface area contributed by atoms with Gasteiger partial charge in [-0.25, -0.2) is 4.68 Å². The first-order valence-corrected chi connectivity index (χ1v) is 11.1. The smallest absolute Gasteiger partial charge is 0.363 e. The van der Waals surface area contributed by atoms with Crippen molar-refractivity contribution < 1.29 is 18.0 Å². The van der Waals surface area contributed by atoms with Crippen LogP contribution >= 0.6 is 23.2 Å². The Morgan fingerprint density at radius 2 is 1.87 bits per heavy atom. The summed E-state index contributed by atoms with van der Waals surface area (Å²) in [5, 5.41) is 7.76. The molecule has 0 saturated heterocycles. The maximum absolute atomic E-state index is 13.9. The molecule has 5 nitrogen and oxygen atoms in total. The average molecular weight is 475 g/mol. The first-order chi connectivity index (χ1) is 14.6. The van der Waals surface area contributed by atoms with Crippen LogP contribution in [0, 0.1) is 0 Å². The molecule has 1 aromatic heterocycles. The number of carbonyl (C=O) groups excluding carboxylic acids is 1. The van der Waals surface area contributed by atoms with Gasteiger partial charge in [-0.3, -0.25) is 4.79 Å². The SMILES string of the molecule is CN(C(=O)c1cc2n(n1)[C@H](C(F)(F)F)C[C@@H](c1ccc(Cl)c(Cl)c1)N2)C1CCCCC1. The molecule has 168 valence electrons. The van der Waals surface area contributed by atoms with E-state index >= 15 is 0 Å². The molecule has 0 unspecified atom stereocenters. The monoisotopic (exact) mass is 474 g/mol. The van der Waals surface area contributed by atoms with Crippen molar-refractivity contribution in [1.82, 2.24) is 14.7 Å². The first kappa shape index (κ1) is 22.3. The second-order valence-corrected chi connectivity index (χ2v) is 9.05. The van der Waals surface area contributed by atoms with Gasteiger partial charge in [-0.2, -0.15) is 18.3 Å². The van der Waals surface area contributed by atoms with Crippen molar-refractivity contribution in [2.75, 3.05) is 12.4 Å². The summed E-state index contributed by atoms with van der Waals surface area (Å²) in [6, 6.07) is 3.76. The number of hydrogen-bond acceptors (Lipinski definition) is 3. The van der Waals surface area contributed by atoms with Gasteiger partial charge in [0.25, 0.3) is 5.91 Å². The van der Waals surface area contributed by atoms with Crippen LogP contribution in [0.25, 0.3) is 0 Å². The van der Waals surface area contributed by atoms with Crippen LogP contribution in [0.3, 0.4) is 0 Å². The largest absolute Gasteiger partial charge is 0.410 e. The molecule has 2 aliphatic rings. The Balaban J connectivity index is 1.64. The van der Waals surface area contributed by atoms with Crippen LogP contribution in [-0.2, 0) is 0 Å². The zero-order valence-corrected chi connectivity index (χ0v) is 18.4. The number of aromatic nitrogens is 2. The lowest BCUT2D eigenvalue weighted by molar-refractivity contribution is -0.173. The van der Waals surface area contributed by atoms with Crippen molar-refractivity contribution in [2.45, 2.75) is 62.8 Å². The maximum Gasteiger partial charge on any atom is 0.410 e. The summed E-state index contributed by atoms with van der Waals surface area (Å²) >= 11 is 12.0.